The molecule has 1 N–H and O–H groups in total. The second kappa shape index (κ2) is 5.00. The van der Waals surface area contributed by atoms with Gasteiger partial charge in [-0.1, -0.05) is 32.4 Å². The average molecular weight is 224 g/mol. The number of amides is 1. The van der Waals surface area contributed by atoms with Crippen LogP contribution in [0.15, 0.2) is 11.6 Å². The highest BCUT2D eigenvalue weighted by molar-refractivity contribution is 5.81. The van der Waals surface area contributed by atoms with Crippen LogP contribution in [0.3, 0.4) is 0 Å². The van der Waals surface area contributed by atoms with E-state index in [0.29, 0.717) is 0 Å². The number of carbonyl (C=O) groups excluding carboxylic acids is 1. The van der Waals surface area contributed by atoms with Gasteiger partial charge in [0.05, 0.1) is 6.04 Å². The molecule has 0 radical (unpaired) electrons. The molecule has 0 fully saturated rings. The molecule has 1 aliphatic heterocycles. The van der Waals surface area contributed by atoms with Crippen molar-refractivity contribution >= 4 is 5.91 Å². The minimum absolute atomic E-state index is 0.0791. The maximum absolute atomic E-state index is 11.9. The van der Waals surface area contributed by atoms with E-state index >= 15 is 0 Å². The Morgan fingerprint density at radius 3 is 2.50 bits per heavy atom. The fourth-order valence-electron chi connectivity index (χ4n) is 1.95. The molecule has 3 heteroatoms. The molecule has 0 aliphatic carbocycles. The number of likely N-dealkylation sites (N-methyl/N-ethyl adjacent to an activating group) is 1. The van der Waals surface area contributed by atoms with Gasteiger partial charge in [0, 0.05) is 13.1 Å². The molecule has 0 spiro atoms. The molecule has 1 atom stereocenters. The molecule has 0 saturated heterocycles. The van der Waals surface area contributed by atoms with E-state index in [9.17, 15) is 4.79 Å². The van der Waals surface area contributed by atoms with Crippen LogP contribution >= 0.6 is 0 Å². The van der Waals surface area contributed by atoms with Gasteiger partial charge < -0.3 is 10.2 Å². The summed E-state index contributed by atoms with van der Waals surface area (Å²) in [4.78, 5) is 13.8. The molecule has 0 aromatic heterocycles. The van der Waals surface area contributed by atoms with E-state index in [-0.39, 0.29) is 17.4 Å². The topological polar surface area (TPSA) is 32.3 Å². The fraction of sp³-hybridized carbons (Fsp3) is 0.769. The Morgan fingerprint density at radius 1 is 1.50 bits per heavy atom. The van der Waals surface area contributed by atoms with E-state index in [4.69, 9.17) is 0 Å². The van der Waals surface area contributed by atoms with Crippen molar-refractivity contribution in [2.45, 2.75) is 40.2 Å². The molecule has 0 aromatic carbocycles. The standard InChI is InChI=1S/C13H24N2O/c1-10(14-5)12(16)15-8-6-11(7-9-15)13(2,3)4/h6,10,14H,7-9H2,1-5H3. The smallest absolute Gasteiger partial charge is 0.239 e. The quantitative estimate of drug-likeness (QED) is 0.725. The lowest BCUT2D eigenvalue weighted by atomic mass is 9.83. The Balaban J connectivity index is 2.61. The number of nitrogens with one attached hydrogen (secondary N) is 1. The molecule has 0 aromatic rings. The highest BCUT2D eigenvalue weighted by atomic mass is 16.2. The molecule has 92 valence electrons. The summed E-state index contributed by atoms with van der Waals surface area (Å²) in [5.41, 5.74) is 1.71. The fourth-order valence-corrected chi connectivity index (χ4v) is 1.95. The van der Waals surface area contributed by atoms with E-state index in [1.807, 2.05) is 18.9 Å². The lowest BCUT2D eigenvalue weighted by Gasteiger charge is -2.33. The van der Waals surface area contributed by atoms with Gasteiger partial charge >= 0.3 is 0 Å². The van der Waals surface area contributed by atoms with Crippen LogP contribution in [-0.2, 0) is 4.79 Å². The zero-order valence-corrected chi connectivity index (χ0v) is 11.1. The number of carbonyl (C=O) groups is 1. The van der Waals surface area contributed by atoms with Crippen molar-refractivity contribution in [2.24, 2.45) is 5.41 Å². The van der Waals surface area contributed by atoms with Crippen molar-refractivity contribution in [3.05, 3.63) is 11.6 Å². The number of hydrogen-bond donors (Lipinski definition) is 1. The summed E-state index contributed by atoms with van der Waals surface area (Å²) in [6.45, 7) is 10.2. The van der Waals surface area contributed by atoms with Gasteiger partial charge in [-0.25, -0.2) is 0 Å². The number of rotatable bonds is 2. The lowest BCUT2D eigenvalue weighted by molar-refractivity contribution is -0.132. The molecule has 1 rings (SSSR count). The van der Waals surface area contributed by atoms with Crippen LogP contribution < -0.4 is 5.32 Å². The summed E-state index contributed by atoms with van der Waals surface area (Å²) in [6, 6.07) is -0.0791. The van der Waals surface area contributed by atoms with Gasteiger partial charge in [-0.05, 0) is 25.8 Å². The van der Waals surface area contributed by atoms with Crippen LogP contribution in [-0.4, -0.2) is 37.0 Å². The van der Waals surface area contributed by atoms with Crippen LogP contribution in [0.25, 0.3) is 0 Å². The number of hydrogen-bond acceptors (Lipinski definition) is 2. The summed E-state index contributed by atoms with van der Waals surface area (Å²) >= 11 is 0. The zero-order chi connectivity index (χ0) is 12.3. The van der Waals surface area contributed by atoms with Gasteiger partial charge in [-0.15, -0.1) is 0 Å². The molecule has 0 bridgehead atoms. The summed E-state index contributed by atoms with van der Waals surface area (Å²) in [5, 5.41) is 2.99. The van der Waals surface area contributed by atoms with Crippen LogP contribution in [0, 0.1) is 5.41 Å². The molecule has 0 saturated carbocycles. The Hall–Kier alpha value is -0.830. The first-order valence-electron chi connectivity index (χ1n) is 6.02. The number of nitrogens with zero attached hydrogens (tertiary/aromatic N) is 1. The Labute approximate surface area is 98.9 Å². The van der Waals surface area contributed by atoms with Crippen molar-refractivity contribution in [2.75, 3.05) is 20.1 Å². The average Bonchev–Trinajstić information content (AvgIpc) is 2.26. The third-order valence-corrected chi connectivity index (χ3v) is 3.29. The van der Waals surface area contributed by atoms with E-state index in [2.05, 4.69) is 32.2 Å². The van der Waals surface area contributed by atoms with E-state index in [0.717, 1.165) is 19.5 Å². The maximum atomic E-state index is 11.9. The summed E-state index contributed by atoms with van der Waals surface area (Å²) < 4.78 is 0. The molecule has 1 heterocycles. The predicted molar refractivity (Wildman–Crippen MR) is 67.3 cm³/mol. The molecule has 16 heavy (non-hydrogen) atoms. The highest BCUT2D eigenvalue weighted by Gasteiger charge is 2.25. The highest BCUT2D eigenvalue weighted by Crippen LogP contribution is 2.30. The van der Waals surface area contributed by atoms with Crippen LogP contribution in [0.1, 0.15) is 34.1 Å². The molecular weight excluding hydrogens is 200 g/mol. The Bertz CT molecular complexity index is 289. The van der Waals surface area contributed by atoms with E-state index < -0.39 is 0 Å². The molecular formula is C13H24N2O. The van der Waals surface area contributed by atoms with E-state index in [1.54, 1.807) is 0 Å². The largest absolute Gasteiger partial charge is 0.337 e. The van der Waals surface area contributed by atoms with Gasteiger partial charge in [0.1, 0.15) is 0 Å². The van der Waals surface area contributed by atoms with Crippen molar-refractivity contribution < 1.29 is 4.79 Å². The Kier molecular flexibility index (Phi) is 4.14. The summed E-state index contributed by atoms with van der Waals surface area (Å²) in [5.74, 6) is 0.201. The van der Waals surface area contributed by atoms with Gasteiger partial charge in [-0.2, -0.15) is 0 Å². The van der Waals surface area contributed by atoms with Gasteiger partial charge in [-0.3, -0.25) is 4.79 Å². The first kappa shape index (κ1) is 13.2. The first-order valence-corrected chi connectivity index (χ1v) is 6.02. The summed E-state index contributed by atoms with van der Waals surface area (Å²) in [6.07, 6.45) is 3.22. The third-order valence-electron chi connectivity index (χ3n) is 3.29. The molecule has 1 aliphatic rings. The van der Waals surface area contributed by atoms with E-state index in [1.165, 1.54) is 5.57 Å². The minimum atomic E-state index is -0.0791. The first-order chi connectivity index (χ1) is 7.36. The van der Waals surface area contributed by atoms with Crippen LogP contribution in [0.4, 0.5) is 0 Å². The third kappa shape index (κ3) is 3.08. The van der Waals surface area contributed by atoms with Crippen molar-refractivity contribution in [3.8, 4) is 0 Å². The second-order valence-corrected chi connectivity index (χ2v) is 5.52. The van der Waals surface area contributed by atoms with Crippen LogP contribution in [0.2, 0.25) is 0 Å². The normalized spacial score (nSPS) is 19.3. The lowest BCUT2D eigenvalue weighted by Crippen LogP contribution is -2.45. The zero-order valence-electron chi connectivity index (χ0n) is 11.1. The van der Waals surface area contributed by atoms with Gasteiger partial charge in [0.15, 0.2) is 0 Å². The molecule has 3 nitrogen and oxygen atoms in total. The van der Waals surface area contributed by atoms with Crippen molar-refractivity contribution in [1.29, 1.82) is 0 Å². The maximum Gasteiger partial charge on any atom is 0.239 e. The monoisotopic (exact) mass is 224 g/mol. The van der Waals surface area contributed by atoms with Crippen LogP contribution in [0.5, 0.6) is 0 Å². The SMILES string of the molecule is CNC(C)C(=O)N1CC=C(C(C)(C)C)CC1. The molecule has 1 amide bonds. The second-order valence-electron chi connectivity index (χ2n) is 5.52. The molecule has 1 unspecified atom stereocenters. The predicted octanol–water partition coefficient (Wildman–Crippen LogP) is 1.80. The Morgan fingerprint density at radius 2 is 2.12 bits per heavy atom. The minimum Gasteiger partial charge on any atom is -0.337 e. The van der Waals surface area contributed by atoms with Gasteiger partial charge in [0.25, 0.3) is 0 Å². The van der Waals surface area contributed by atoms with Gasteiger partial charge in [0.2, 0.25) is 5.91 Å². The van der Waals surface area contributed by atoms with Crippen molar-refractivity contribution in [3.63, 3.8) is 0 Å². The summed E-state index contributed by atoms with van der Waals surface area (Å²) in [7, 11) is 1.82. The van der Waals surface area contributed by atoms with Crippen molar-refractivity contribution in [1.82, 2.24) is 10.2 Å².